The predicted octanol–water partition coefficient (Wildman–Crippen LogP) is 2.45. The van der Waals surface area contributed by atoms with Crippen molar-refractivity contribution < 1.29 is 4.48 Å². The molecular weight excluding hydrogens is 208 g/mol. The molecule has 4 atom stereocenters. The van der Waals surface area contributed by atoms with Gasteiger partial charge >= 0.3 is 0 Å². The Balaban J connectivity index is 2.50. The molecule has 0 aromatic heterocycles. The number of rotatable bonds is 2. The van der Waals surface area contributed by atoms with Gasteiger partial charge in [-0.15, -0.1) is 0 Å². The quantitative estimate of drug-likeness (QED) is 0.669. The topological polar surface area (TPSA) is 3.24 Å². The number of hydrogen-bond acceptors (Lipinski definition) is 1. The lowest BCUT2D eigenvalue weighted by Crippen LogP contribution is -2.61. The molecule has 2 aliphatic rings. The first-order chi connectivity index (χ1) is 7.53. The van der Waals surface area contributed by atoms with Crippen molar-refractivity contribution in [2.45, 2.75) is 45.7 Å². The van der Waals surface area contributed by atoms with Crippen molar-refractivity contribution in [2.75, 3.05) is 35.2 Å². The molecule has 2 aliphatic carbocycles. The largest absolute Gasteiger partial charge is 0.327 e. The van der Waals surface area contributed by atoms with Crippen LogP contribution in [-0.2, 0) is 0 Å². The van der Waals surface area contributed by atoms with Gasteiger partial charge in [-0.2, -0.15) is 0 Å². The van der Waals surface area contributed by atoms with Gasteiger partial charge in [0.25, 0.3) is 0 Å². The zero-order valence-corrected chi connectivity index (χ0v) is 13.0. The Kier molecular flexibility index (Phi) is 2.73. The molecule has 2 heteroatoms. The van der Waals surface area contributed by atoms with E-state index in [0.717, 1.165) is 22.5 Å². The Morgan fingerprint density at radius 2 is 1.59 bits per heavy atom. The molecule has 0 aliphatic heterocycles. The third-order valence-corrected chi connectivity index (χ3v) is 6.19. The molecule has 0 saturated heterocycles. The van der Waals surface area contributed by atoms with Crippen molar-refractivity contribution in [1.82, 2.24) is 4.90 Å². The summed E-state index contributed by atoms with van der Waals surface area (Å²) < 4.78 is 1.10. The predicted molar refractivity (Wildman–Crippen MR) is 73.9 cm³/mol. The van der Waals surface area contributed by atoms with Crippen LogP contribution >= 0.6 is 0 Å². The van der Waals surface area contributed by atoms with E-state index >= 15 is 0 Å². The molecular formula is C15H31N2+. The molecule has 0 spiro atoms. The fraction of sp³-hybridized carbons (Fsp3) is 1.00. The van der Waals surface area contributed by atoms with E-state index in [0.29, 0.717) is 10.8 Å². The van der Waals surface area contributed by atoms with Crippen LogP contribution in [0.5, 0.6) is 0 Å². The lowest BCUT2D eigenvalue weighted by molar-refractivity contribution is -0.905. The maximum atomic E-state index is 2.55. The van der Waals surface area contributed by atoms with E-state index < -0.39 is 0 Å². The number of fused-ring (bicyclic) bond motifs is 2. The van der Waals surface area contributed by atoms with Gasteiger partial charge in [-0.25, -0.2) is 0 Å². The maximum Gasteiger partial charge on any atom is 0.110 e. The minimum absolute atomic E-state index is 0.484. The van der Waals surface area contributed by atoms with E-state index in [-0.39, 0.29) is 0 Å². The van der Waals surface area contributed by atoms with Crippen molar-refractivity contribution in [1.29, 1.82) is 0 Å². The number of likely N-dealkylation sites (N-methyl/N-ethyl adjacent to an activating group) is 2. The molecule has 0 heterocycles. The smallest absolute Gasteiger partial charge is 0.110 e. The van der Waals surface area contributed by atoms with Crippen LogP contribution in [0, 0.1) is 16.7 Å². The fourth-order valence-electron chi connectivity index (χ4n) is 5.24. The SMILES string of the molecule is CN(C)[C@@H]1[C@H]2CC[C@](C)([C@@H]1[N+](C)(C)C)C2(C)C. The van der Waals surface area contributed by atoms with Crippen LogP contribution in [-0.4, -0.2) is 56.7 Å². The summed E-state index contributed by atoms with van der Waals surface area (Å²) in [6, 6.07) is 1.50. The molecule has 0 amide bonds. The van der Waals surface area contributed by atoms with E-state index in [1.54, 1.807) is 0 Å². The third-order valence-electron chi connectivity index (χ3n) is 6.19. The van der Waals surface area contributed by atoms with Gasteiger partial charge in [0.2, 0.25) is 0 Å². The molecule has 0 N–H and O–H groups in total. The Bertz CT molecular complexity index is 313. The van der Waals surface area contributed by atoms with Gasteiger partial charge in [0.15, 0.2) is 0 Å². The second-order valence-corrected chi connectivity index (χ2v) is 8.30. The van der Waals surface area contributed by atoms with Crippen LogP contribution < -0.4 is 0 Å². The lowest BCUT2D eigenvalue weighted by atomic mass is 9.68. The van der Waals surface area contributed by atoms with Crippen molar-refractivity contribution in [3.05, 3.63) is 0 Å². The Morgan fingerprint density at radius 3 is 1.94 bits per heavy atom. The third kappa shape index (κ3) is 1.53. The molecule has 0 unspecified atom stereocenters. The van der Waals surface area contributed by atoms with E-state index in [2.05, 4.69) is 60.9 Å². The second kappa shape index (κ2) is 3.48. The molecule has 0 aromatic carbocycles. The first-order valence-electron chi connectivity index (χ1n) is 7.01. The summed E-state index contributed by atoms with van der Waals surface area (Å²) in [4.78, 5) is 2.49. The molecule has 2 nitrogen and oxygen atoms in total. The van der Waals surface area contributed by atoms with Gasteiger partial charge in [-0.05, 0) is 38.3 Å². The second-order valence-electron chi connectivity index (χ2n) is 8.30. The molecule has 2 bridgehead atoms. The monoisotopic (exact) mass is 239 g/mol. The summed E-state index contributed by atoms with van der Waals surface area (Å²) in [5.74, 6) is 0.866. The van der Waals surface area contributed by atoms with Crippen LogP contribution in [0.2, 0.25) is 0 Å². The van der Waals surface area contributed by atoms with Gasteiger partial charge in [-0.1, -0.05) is 20.8 Å². The van der Waals surface area contributed by atoms with Crippen LogP contribution in [0.15, 0.2) is 0 Å². The highest BCUT2D eigenvalue weighted by Gasteiger charge is 2.70. The summed E-state index contributed by atoms with van der Waals surface area (Å²) >= 11 is 0. The molecule has 2 saturated carbocycles. The fourth-order valence-corrected chi connectivity index (χ4v) is 5.24. The van der Waals surface area contributed by atoms with Gasteiger partial charge in [0, 0.05) is 5.41 Å². The van der Waals surface area contributed by atoms with Crippen molar-refractivity contribution in [3.63, 3.8) is 0 Å². The van der Waals surface area contributed by atoms with E-state index in [1.807, 2.05) is 0 Å². The lowest BCUT2D eigenvalue weighted by Gasteiger charge is -2.48. The molecule has 17 heavy (non-hydrogen) atoms. The van der Waals surface area contributed by atoms with Gasteiger partial charge < -0.3 is 9.38 Å². The highest BCUT2D eigenvalue weighted by molar-refractivity contribution is 5.17. The number of quaternary nitrogens is 1. The summed E-state index contributed by atoms with van der Waals surface area (Å²) in [5, 5.41) is 0. The van der Waals surface area contributed by atoms with Gasteiger partial charge in [0.1, 0.15) is 6.04 Å². The summed E-state index contributed by atoms with van der Waals surface area (Å²) in [5.41, 5.74) is 0.975. The van der Waals surface area contributed by atoms with Crippen LogP contribution in [0.1, 0.15) is 33.6 Å². The highest BCUT2D eigenvalue weighted by atomic mass is 15.4. The normalized spacial score (nSPS) is 44.6. The molecule has 2 fully saturated rings. The Morgan fingerprint density at radius 1 is 1.06 bits per heavy atom. The molecule has 2 rings (SSSR count). The first-order valence-corrected chi connectivity index (χ1v) is 7.01. The van der Waals surface area contributed by atoms with Crippen molar-refractivity contribution >= 4 is 0 Å². The Labute approximate surface area is 108 Å². The van der Waals surface area contributed by atoms with E-state index in [1.165, 1.54) is 12.8 Å². The zero-order valence-electron chi connectivity index (χ0n) is 13.0. The average Bonchev–Trinajstić information content (AvgIpc) is 2.44. The minimum Gasteiger partial charge on any atom is -0.327 e. The summed E-state index contributed by atoms with van der Waals surface area (Å²) in [7, 11) is 11.7. The van der Waals surface area contributed by atoms with Crippen LogP contribution in [0.25, 0.3) is 0 Å². The molecule has 0 radical (unpaired) electrons. The molecule has 100 valence electrons. The van der Waals surface area contributed by atoms with Crippen molar-refractivity contribution in [2.24, 2.45) is 16.7 Å². The highest BCUT2D eigenvalue weighted by Crippen LogP contribution is 2.67. The van der Waals surface area contributed by atoms with E-state index in [4.69, 9.17) is 0 Å². The van der Waals surface area contributed by atoms with Crippen LogP contribution in [0.3, 0.4) is 0 Å². The van der Waals surface area contributed by atoms with Crippen molar-refractivity contribution in [3.8, 4) is 0 Å². The minimum atomic E-state index is 0.484. The average molecular weight is 239 g/mol. The Hall–Kier alpha value is -0.0800. The summed E-state index contributed by atoms with van der Waals surface area (Å²) in [6.45, 7) is 7.57. The number of nitrogens with zero attached hydrogens (tertiary/aromatic N) is 2. The first kappa shape index (κ1) is 13.4. The van der Waals surface area contributed by atoms with Gasteiger partial charge in [-0.3, -0.25) is 0 Å². The summed E-state index contributed by atoms with van der Waals surface area (Å²) in [6.07, 6.45) is 2.83. The molecule has 0 aromatic rings. The van der Waals surface area contributed by atoms with Gasteiger partial charge in [0.05, 0.1) is 27.2 Å². The standard InChI is InChI=1S/C15H31N2/c1-14(2)11-9-10-15(14,3)13(17(6,7)8)12(11)16(4)5/h11-13H,9-10H2,1-8H3/q+1/t11-,12-,13-,15-/m1/s1. The number of hydrogen-bond donors (Lipinski definition) is 0. The zero-order chi connectivity index (χ0) is 13.2. The van der Waals surface area contributed by atoms with E-state index in [9.17, 15) is 0 Å². The van der Waals surface area contributed by atoms with Crippen LogP contribution in [0.4, 0.5) is 0 Å². The maximum absolute atomic E-state index is 2.55.